The average Bonchev–Trinajstić information content (AvgIpc) is 2.75. The van der Waals surface area contributed by atoms with Gasteiger partial charge in [-0.1, -0.05) is 29.8 Å². The van der Waals surface area contributed by atoms with Gasteiger partial charge in [0, 0.05) is 17.6 Å². The molecule has 2 aromatic carbocycles. The molecule has 3 N–H and O–H groups in total. The largest absolute Gasteiger partial charge is 0.452 e. The molecular formula is C21H17ClN4O4. The Hall–Kier alpha value is -3.91. The first-order valence-corrected chi connectivity index (χ1v) is 9.19. The summed E-state index contributed by atoms with van der Waals surface area (Å²) in [6.07, 6.45) is 1.39. The van der Waals surface area contributed by atoms with Crippen molar-refractivity contribution in [2.45, 2.75) is 0 Å². The highest BCUT2D eigenvalue weighted by Crippen LogP contribution is 2.13. The van der Waals surface area contributed by atoms with Crippen molar-refractivity contribution in [2.75, 3.05) is 22.6 Å². The monoisotopic (exact) mass is 424 g/mol. The van der Waals surface area contributed by atoms with Crippen molar-refractivity contribution in [1.82, 2.24) is 4.98 Å². The Morgan fingerprint density at radius 2 is 1.50 bits per heavy atom. The van der Waals surface area contributed by atoms with Crippen LogP contribution in [0.5, 0.6) is 0 Å². The van der Waals surface area contributed by atoms with Crippen LogP contribution in [0.2, 0.25) is 5.02 Å². The van der Waals surface area contributed by atoms with Crippen molar-refractivity contribution < 1.29 is 19.1 Å². The summed E-state index contributed by atoms with van der Waals surface area (Å²) in [4.78, 5) is 39.8. The van der Waals surface area contributed by atoms with Crippen molar-refractivity contribution in [1.29, 1.82) is 0 Å². The van der Waals surface area contributed by atoms with Gasteiger partial charge in [0.25, 0.3) is 5.91 Å². The quantitative estimate of drug-likeness (QED) is 0.514. The first kappa shape index (κ1) is 20.8. The van der Waals surface area contributed by atoms with Gasteiger partial charge in [0.05, 0.1) is 10.6 Å². The number of halogens is 1. The van der Waals surface area contributed by atoms with Crippen LogP contribution in [0, 0.1) is 0 Å². The second-order valence-electron chi connectivity index (χ2n) is 6.01. The number of hydrogen-bond acceptors (Lipinski definition) is 5. The number of para-hydroxylation sites is 1. The third-order valence-electron chi connectivity index (χ3n) is 3.74. The number of aromatic nitrogens is 1. The van der Waals surface area contributed by atoms with E-state index in [-0.39, 0.29) is 5.56 Å². The zero-order chi connectivity index (χ0) is 21.3. The fraction of sp³-hybridized carbons (Fsp3) is 0.0476. The number of ether oxygens (including phenoxy) is 1. The van der Waals surface area contributed by atoms with E-state index >= 15 is 0 Å². The average molecular weight is 425 g/mol. The zero-order valence-corrected chi connectivity index (χ0v) is 16.3. The number of benzene rings is 2. The van der Waals surface area contributed by atoms with Gasteiger partial charge >= 0.3 is 12.0 Å². The molecule has 0 fully saturated rings. The Labute approximate surface area is 177 Å². The number of carbonyl (C=O) groups excluding carboxylic acids is 3. The first-order chi connectivity index (χ1) is 14.5. The first-order valence-electron chi connectivity index (χ1n) is 8.81. The Morgan fingerprint density at radius 1 is 0.833 bits per heavy atom. The lowest BCUT2D eigenvalue weighted by atomic mass is 10.2. The summed E-state index contributed by atoms with van der Waals surface area (Å²) < 4.78 is 4.98. The van der Waals surface area contributed by atoms with Crippen LogP contribution in [0.3, 0.4) is 0 Å². The van der Waals surface area contributed by atoms with Gasteiger partial charge in [-0.3, -0.25) is 4.79 Å². The summed E-state index contributed by atoms with van der Waals surface area (Å²) in [5.41, 5.74) is 1.38. The predicted molar refractivity (Wildman–Crippen MR) is 114 cm³/mol. The molecule has 8 nitrogen and oxygen atoms in total. The van der Waals surface area contributed by atoms with Crippen LogP contribution in [0.4, 0.5) is 22.0 Å². The number of esters is 1. The smallest absolute Gasteiger partial charge is 0.338 e. The van der Waals surface area contributed by atoms with E-state index in [9.17, 15) is 14.4 Å². The summed E-state index contributed by atoms with van der Waals surface area (Å²) in [5.74, 6) is -0.909. The van der Waals surface area contributed by atoms with E-state index in [0.29, 0.717) is 22.2 Å². The highest BCUT2D eigenvalue weighted by molar-refractivity contribution is 6.30. The molecule has 3 aromatic rings. The minimum atomic E-state index is -0.672. The van der Waals surface area contributed by atoms with Crippen LogP contribution in [-0.2, 0) is 9.53 Å². The Kier molecular flexibility index (Phi) is 6.96. The highest BCUT2D eigenvalue weighted by atomic mass is 35.5. The van der Waals surface area contributed by atoms with E-state index in [2.05, 4.69) is 20.9 Å². The maximum Gasteiger partial charge on any atom is 0.338 e. The molecule has 0 aliphatic rings. The van der Waals surface area contributed by atoms with Crippen LogP contribution >= 0.6 is 11.6 Å². The topological polar surface area (TPSA) is 109 Å². The van der Waals surface area contributed by atoms with Gasteiger partial charge in [-0.15, -0.1) is 0 Å². The summed E-state index contributed by atoms with van der Waals surface area (Å²) in [6.45, 7) is -0.470. The molecule has 3 amide bonds. The lowest BCUT2D eigenvalue weighted by Gasteiger charge is -2.09. The number of nitrogens with zero attached hydrogens (tertiary/aromatic N) is 1. The molecule has 0 saturated heterocycles. The van der Waals surface area contributed by atoms with Gasteiger partial charge in [0.1, 0.15) is 5.82 Å². The minimum Gasteiger partial charge on any atom is -0.452 e. The fourth-order valence-electron chi connectivity index (χ4n) is 2.35. The molecule has 152 valence electrons. The van der Waals surface area contributed by atoms with Crippen molar-refractivity contribution in [3.8, 4) is 0 Å². The summed E-state index contributed by atoms with van der Waals surface area (Å²) in [6, 6.07) is 17.8. The molecule has 0 aliphatic heterocycles. The molecule has 0 saturated carbocycles. The molecule has 0 spiro atoms. The van der Waals surface area contributed by atoms with Gasteiger partial charge in [0.15, 0.2) is 6.61 Å². The lowest BCUT2D eigenvalue weighted by Crippen LogP contribution is -2.21. The Bertz CT molecular complexity index is 1030. The Balaban J connectivity index is 1.46. The fourth-order valence-corrected chi connectivity index (χ4v) is 2.46. The van der Waals surface area contributed by atoms with Gasteiger partial charge in [-0.05, 0) is 48.5 Å². The zero-order valence-electron chi connectivity index (χ0n) is 15.6. The number of anilines is 3. The van der Waals surface area contributed by atoms with Crippen molar-refractivity contribution in [3.63, 3.8) is 0 Å². The summed E-state index contributed by atoms with van der Waals surface area (Å²) >= 11 is 5.72. The van der Waals surface area contributed by atoms with Crippen LogP contribution < -0.4 is 16.0 Å². The molecule has 0 unspecified atom stereocenters. The molecule has 0 radical (unpaired) electrons. The van der Waals surface area contributed by atoms with E-state index in [1.165, 1.54) is 24.4 Å². The number of carbonyl (C=O) groups is 3. The standard InChI is InChI=1S/C21H17ClN4O4/c22-15-8-11-18(23-12-15)26-19(27)13-30-20(28)14-6-9-17(10-7-14)25-21(29)24-16-4-2-1-3-5-16/h1-12H,13H2,(H,23,26,27)(H2,24,25,29). The van der Waals surface area contributed by atoms with Gasteiger partial charge in [0.2, 0.25) is 0 Å². The van der Waals surface area contributed by atoms with Crippen LogP contribution in [0.25, 0.3) is 0 Å². The Morgan fingerprint density at radius 3 is 2.13 bits per heavy atom. The molecule has 0 bridgehead atoms. The molecule has 0 aliphatic carbocycles. The van der Waals surface area contributed by atoms with E-state index in [4.69, 9.17) is 16.3 Å². The maximum absolute atomic E-state index is 12.1. The second kappa shape index (κ2) is 10.0. The summed E-state index contributed by atoms with van der Waals surface area (Å²) in [7, 11) is 0. The maximum atomic E-state index is 12.1. The van der Waals surface area contributed by atoms with Crippen LogP contribution in [-0.4, -0.2) is 29.5 Å². The predicted octanol–water partition coefficient (Wildman–Crippen LogP) is 4.17. The molecule has 1 aromatic heterocycles. The van der Waals surface area contributed by atoms with E-state index < -0.39 is 24.5 Å². The van der Waals surface area contributed by atoms with E-state index in [1.54, 1.807) is 30.3 Å². The number of hydrogen-bond donors (Lipinski definition) is 3. The van der Waals surface area contributed by atoms with Gasteiger partial charge in [-0.25, -0.2) is 14.6 Å². The SMILES string of the molecule is O=C(COC(=O)c1ccc(NC(=O)Nc2ccccc2)cc1)Nc1ccc(Cl)cn1. The number of amides is 3. The number of pyridine rings is 1. The third kappa shape index (κ3) is 6.32. The van der Waals surface area contributed by atoms with Crippen molar-refractivity contribution in [3.05, 3.63) is 83.5 Å². The molecule has 1 heterocycles. The molecule has 30 heavy (non-hydrogen) atoms. The lowest BCUT2D eigenvalue weighted by molar-refractivity contribution is -0.119. The normalized spacial score (nSPS) is 10.0. The number of nitrogens with one attached hydrogen (secondary N) is 3. The summed E-state index contributed by atoms with van der Waals surface area (Å²) in [5, 5.41) is 8.27. The van der Waals surface area contributed by atoms with Crippen molar-refractivity contribution in [2.24, 2.45) is 0 Å². The van der Waals surface area contributed by atoms with Gasteiger partial charge in [-0.2, -0.15) is 0 Å². The van der Waals surface area contributed by atoms with E-state index in [0.717, 1.165) is 0 Å². The number of urea groups is 1. The van der Waals surface area contributed by atoms with Crippen LogP contribution in [0.15, 0.2) is 72.9 Å². The second-order valence-corrected chi connectivity index (χ2v) is 6.44. The highest BCUT2D eigenvalue weighted by Gasteiger charge is 2.11. The number of rotatable bonds is 6. The van der Waals surface area contributed by atoms with E-state index in [1.807, 2.05) is 18.2 Å². The molecule has 9 heteroatoms. The molecule has 0 atom stereocenters. The van der Waals surface area contributed by atoms with Crippen molar-refractivity contribution >= 4 is 46.7 Å². The third-order valence-corrected chi connectivity index (χ3v) is 3.96. The van der Waals surface area contributed by atoms with Gasteiger partial charge < -0.3 is 20.7 Å². The van der Waals surface area contributed by atoms with Crippen LogP contribution in [0.1, 0.15) is 10.4 Å². The molecular weight excluding hydrogens is 408 g/mol. The minimum absolute atomic E-state index is 0.237. The molecule has 3 rings (SSSR count).